The van der Waals surface area contributed by atoms with E-state index in [0.717, 1.165) is 30.0 Å². The zero-order chi connectivity index (χ0) is 21.6. The van der Waals surface area contributed by atoms with Crippen LogP contribution in [-0.2, 0) is 19.6 Å². The van der Waals surface area contributed by atoms with E-state index in [1.807, 2.05) is 0 Å². The van der Waals surface area contributed by atoms with Crippen LogP contribution >= 0.6 is 0 Å². The van der Waals surface area contributed by atoms with E-state index in [0.29, 0.717) is 12.1 Å². The fourth-order valence-corrected chi connectivity index (χ4v) is 6.01. The predicted octanol–water partition coefficient (Wildman–Crippen LogP) is 1.54. The Kier molecular flexibility index (Phi) is 5.62. The number of hydrogen-bond donors (Lipinski definition) is 0. The van der Waals surface area contributed by atoms with Crippen LogP contribution in [0.3, 0.4) is 0 Å². The molecule has 7 nitrogen and oxygen atoms in total. The van der Waals surface area contributed by atoms with Crippen molar-refractivity contribution in [1.82, 2.24) is 14.1 Å². The highest BCUT2D eigenvalue weighted by molar-refractivity contribution is 7.89. The molecule has 1 aromatic rings. The molecule has 3 aliphatic rings. The maximum absolute atomic E-state index is 14.0. The summed E-state index contributed by atoms with van der Waals surface area (Å²) in [5.41, 5.74) is 0. The lowest BCUT2D eigenvalue weighted by molar-refractivity contribution is -0.142. The Labute approximate surface area is 172 Å². The molecule has 2 saturated heterocycles. The Bertz CT molecular complexity index is 955. The maximum atomic E-state index is 14.0. The molecule has 2 unspecified atom stereocenters. The third kappa shape index (κ3) is 3.52. The maximum Gasteiger partial charge on any atom is 0.246 e. The topological polar surface area (TPSA) is 78.0 Å². The molecule has 4 rings (SSSR count). The fourth-order valence-electron chi connectivity index (χ4n) is 4.53. The number of imide groups is 1. The van der Waals surface area contributed by atoms with Gasteiger partial charge in [0, 0.05) is 26.2 Å². The first-order valence-electron chi connectivity index (χ1n) is 9.93. The summed E-state index contributed by atoms with van der Waals surface area (Å²) in [6, 6.07) is 1.28. The molecule has 3 fully saturated rings. The largest absolute Gasteiger partial charge is 0.283 e. The van der Waals surface area contributed by atoms with Crippen LogP contribution in [0.25, 0.3) is 0 Å². The van der Waals surface area contributed by atoms with Crippen molar-refractivity contribution in [1.29, 1.82) is 0 Å². The molecule has 0 N–H and O–H groups in total. The number of hydrogen-bond acceptors (Lipinski definition) is 5. The van der Waals surface area contributed by atoms with Gasteiger partial charge in [0.25, 0.3) is 0 Å². The number of sulfonamides is 1. The van der Waals surface area contributed by atoms with E-state index in [4.69, 9.17) is 0 Å². The van der Waals surface area contributed by atoms with E-state index in [9.17, 15) is 31.2 Å². The van der Waals surface area contributed by atoms with Gasteiger partial charge < -0.3 is 0 Å². The number of likely N-dealkylation sites (tertiary alicyclic amines) is 1. The summed E-state index contributed by atoms with van der Waals surface area (Å²) in [5.74, 6) is -5.85. The third-order valence-electron chi connectivity index (χ3n) is 6.22. The van der Waals surface area contributed by atoms with Gasteiger partial charge in [-0.05, 0) is 25.0 Å². The summed E-state index contributed by atoms with van der Waals surface area (Å²) in [7, 11) is -4.34. The van der Waals surface area contributed by atoms with Gasteiger partial charge in [-0.25, -0.2) is 21.6 Å². The third-order valence-corrected chi connectivity index (χ3v) is 8.14. The van der Waals surface area contributed by atoms with E-state index in [-0.39, 0.29) is 56.5 Å². The smallest absolute Gasteiger partial charge is 0.246 e. The molecule has 2 heterocycles. The Morgan fingerprint density at radius 2 is 1.43 bits per heavy atom. The fraction of sp³-hybridized carbons (Fsp3) is 0.579. The summed E-state index contributed by atoms with van der Waals surface area (Å²) in [4.78, 5) is 27.3. The highest BCUT2D eigenvalue weighted by atomic mass is 32.2. The average Bonchev–Trinajstić information content (AvgIpc) is 2.97. The Balaban J connectivity index is 1.41. The summed E-state index contributed by atoms with van der Waals surface area (Å²) in [5, 5.41) is 0. The summed E-state index contributed by atoms with van der Waals surface area (Å²) in [6.45, 7) is 0.486. The molecule has 2 atom stereocenters. The highest BCUT2D eigenvalue weighted by Gasteiger charge is 2.48. The molecule has 0 bridgehead atoms. The molecule has 11 heteroatoms. The lowest BCUT2D eigenvalue weighted by Gasteiger charge is -2.35. The number of rotatable bonds is 4. The zero-order valence-electron chi connectivity index (χ0n) is 16.2. The number of nitrogens with zero attached hydrogens (tertiary/aromatic N) is 3. The highest BCUT2D eigenvalue weighted by Crippen LogP contribution is 2.38. The molecule has 0 radical (unpaired) electrons. The average molecular weight is 445 g/mol. The van der Waals surface area contributed by atoms with Crippen LogP contribution in [0.5, 0.6) is 0 Å². The number of carbonyl (C=O) groups excluding carboxylic acids is 2. The monoisotopic (exact) mass is 445 g/mol. The van der Waals surface area contributed by atoms with Crippen LogP contribution in [0.4, 0.5) is 13.2 Å². The minimum atomic E-state index is -4.34. The molecule has 0 spiro atoms. The molecular weight excluding hydrogens is 423 g/mol. The van der Waals surface area contributed by atoms with E-state index in [1.54, 1.807) is 4.90 Å². The lowest BCUT2D eigenvalue weighted by Crippen LogP contribution is -2.52. The van der Waals surface area contributed by atoms with Gasteiger partial charge in [-0.1, -0.05) is 12.8 Å². The second kappa shape index (κ2) is 7.93. The minimum absolute atomic E-state index is 0.0240. The molecule has 164 valence electrons. The van der Waals surface area contributed by atoms with Crippen LogP contribution in [-0.4, -0.2) is 67.2 Å². The van der Waals surface area contributed by atoms with Gasteiger partial charge in [0.2, 0.25) is 21.8 Å². The number of benzene rings is 1. The first-order valence-corrected chi connectivity index (χ1v) is 11.4. The molecule has 30 heavy (non-hydrogen) atoms. The van der Waals surface area contributed by atoms with Gasteiger partial charge in [0.15, 0.2) is 17.5 Å². The van der Waals surface area contributed by atoms with Crippen LogP contribution in [0.1, 0.15) is 25.7 Å². The molecule has 1 aliphatic carbocycles. The summed E-state index contributed by atoms with van der Waals surface area (Å²) >= 11 is 0. The van der Waals surface area contributed by atoms with Crippen molar-refractivity contribution in [3.05, 3.63) is 29.6 Å². The van der Waals surface area contributed by atoms with Crippen molar-refractivity contribution in [2.45, 2.75) is 30.6 Å². The van der Waals surface area contributed by atoms with Crippen LogP contribution < -0.4 is 0 Å². The SMILES string of the molecule is O=C1C2CCCCC2C(=O)N1CN1CCN(S(=O)(=O)c2ccc(F)c(F)c2F)CC1. The first-order chi connectivity index (χ1) is 14.2. The van der Waals surface area contributed by atoms with E-state index in [2.05, 4.69) is 0 Å². The minimum Gasteiger partial charge on any atom is -0.283 e. The van der Waals surface area contributed by atoms with Gasteiger partial charge in [-0.2, -0.15) is 4.31 Å². The quantitative estimate of drug-likeness (QED) is 0.519. The van der Waals surface area contributed by atoms with E-state index < -0.39 is 32.4 Å². The molecule has 2 aliphatic heterocycles. The van der Waals surface area contributed by atoms with E-state index in [1.165, 1.54) is 4.90 Å². The molecule has 1 aromatic carbocycles. The number of fused-ring (bicyclic) bond motifs is 1. The standard InChI is InChI=1S/C19H22F3N3O4S/c20-14-5-6-15(17(22)16(14)21)30(28,29)24-9-7-23(8-10-24)11-25-18(26)12-3-1-2-4-13(12)19(25)27/h5-6,12-13H,1-4,7-11H2. The normalized spacial score (nSPS) is 26.3. The molecule has 1 saturated carbocycles. The van der Waals surface area contributed by atoms with Gasteiger partial charge in [-0.15, -0.1) is 0 Å². The predicted molar refractivity (Wildman–Crippen MR) is 98.8 cm³/mol. The van der Waals surface area contributed by atoms with Crippen molar-refractivity contribution in [3.8, 4) is 0 Å². The molecular formula is C19H22F3N3O4S. The summed E-state index contributed by atoms with van der Waals surface area (Å²) < 4.78 is 66.9. The first kappa shape index (κ1) is 21.3. The van der Waals surface area contributed by atoms with Crippen molar-refractivity contribution >= 4 is 21.8 Å². The Morgan fingerprint density at radius 3 is 2.00 bits per heavy atom. The van der Waals surface area contributed by atoms with Crippen LogP contribution in [0, 0.1) is 29.3 Å². The van der Waals surface area contributed by atoms with Gasteiger partial charge in [-0.3, -0.25) is 19.4 Å². The van der Waals surface area contributed by atoms with Crippen molar-refractivity contribution in [3.63, 3.8) is 0 Å². The van der Waals surface area contributed by atoms with Crippen molar-refractivity contribution in [2.75, 3.05) is 32.8 Å². The summed E-state index contributed by atoms with van der Waals surface area (Å²) in [6.07, 6.45) is 3.31. The van der Waals surface area contributed by atoms with Crippen molar-refractivity contribution < 1.29 is 31.2 Å². The second-order valence-corrected chi connectivity index (χ2v) is 9.85. The lowest BCUT2D eigenvalue weighted by atomic mass is 9.81. The van der Waals surface area contributed by atoms with E-state index >= 15 is 0 Å². The van der Waals surface area contributed by atoms with Crippen molar-refractivity contribution in [2.24, 2.45) is 11.8 Å². The number of amides is 2. The molecule has 0 aromatic heterocycles. The second-order valence-electron chi connectivity index (χ2n) is 7.94. The zero-order valence-corrected chi connectivity index (χ0v) is 17.0. The Hall–Kier alpha value is -1.98. The Morgan fingerprint density at radius 1 is 0.867 bits per heavy atom. The number of piperazine rings is 1. The van der Waals surface area contributed by atoms with Crippen LogP contribution in [0.15, 0.2) is 17.0 Å². The number of halogens is 3. The molecule has 2 amide bonds. The van der Waals surface area contributed by atoms with Crippen LogP contribution in [0.2, 0.25) is 0 Å². The van der Waals surface area contributed by atoms with Gasteiger partial charge in [0.05, 0.1) is 18.5 Å². The number of carbonyl (C=O) groups is 2. The van der Waals surface area contributed by atoms with Gasteiger partial charge in [0.1, 0.15) is 4.90 Å². The van der Waals surface area contributed by atoms with Gasteiger partial charge >= 0.3 is 0 Å².